The smallest absolute Gasteiger partial charge is 0.330 e. The summed E-state index contributed by atoms with van der Waals surface area (Å²) in [6.45, 7) is 2.54. The van der Waals surface area contributed by atoms with E-state index in [4.69, 9.17) is 4.74 Å². The minimum Gasteiger partial charge on any atom is -0.463 e. The van der Waals surface area contributed by atoms with Gasteiger partial charge in [0.2, 0.25) is 0 Å². The lowest BCUT2D eigenvalue weighted by atomic mass is 10.1. The number of unbranched alkanes of at least 4 members (excludes halogenated alkanes) is 1. The van der Waals surface area contributed by atoms with E-state index in [1.54, 1.807) is 6.08 Å². The van der Waals surface area contributed by atoms with E-state index in [0.717, 1.165) is 29.5 Å². The first-order chi connectivity index (χ1) is 11.3. The summed E-state index contributed by atoms with van der Waals surface area (Å²) in [6.07, 6.45) is 5.12. The zero-order valence-corrected chi connectivity index (χ0v) is 13.3. The van der Waals surface area contributed by atoms with Crippen LogP contribution in [0.15, 0.2) is 60.7 Å². The van der Waals surface area contributed by atoms with Crippen LogP contribution < -0.4 is 0 Å². The fraction of sp³-hybridized carbons (Fsp3) is 0.190. The molecule has 116 valence electrons. The van der Waals surface area contributed by atoms with E-state index < -0.39 is 0 Å². The molecule has 0 amide bonds. The molecule has 0 fully saturated rings. The third-order valence-electron chi connectivity index (χ3n) is 3.19. The third-order valence-corrected chi connectivity index (χ3v) is 3.19. The predicted molar refractivity (Wildman–Crippen MR) is 93.8 cm³/mol. The molecule has 0 bridgehead atoms. The molecule has 2 heteroatoms. The van der Waals surface area contributed by atoms with Crippen molar-refractivity contribution in [2.75, 3.05) is 6.61 Å². The predicted octanol–water partition coefficient (Wildman–Crippen LogP) is 4.44. The fourth-order valence-corrected chi connectivity index (χ4v) is 1.87. The zero-order valence-electron chi connectivity index (χ0n) is 13.3. The molecule has 0 aliphatic heterocycles. The summed E-state index contributed by atoms with van der Waals surface area (Å²) >= 11 is 0. The number of hydrogen-bond acceptors (Lipinski definition) is 2. The summed E-state index contributed by atoms with van der Waals surface area (Å²) in [6, 6.07) is 17.6. The van der Waals surface area contributed by atoms with Gasteiger partial charge in [-0.1, -0.05) is 55.5 Å². The Morgan fingerprint density at radius 3 is 2.30 bits per heavy atom. The van der Waals surface area contributed by atoms with E-state index in [1.165, 1.54) is 6.08 Å². The minimum absolute atomic E-state index is 0.300. The number of carbonyl (C=O) groups is 1. The Labute approximate surface area is 137 Å². The molecule has 2 aromatic rings. The van der Waals surface area contributed by atoms with Gasteiger partial charge in [-0.2, -0.15) is 0 Å². The standard InChI is InChI=1S/C21H20O2/c1-2-3-17-23-21(22)16-15-20-13-11-19(12-14-20)10-9-18-7-5-4-6-8-18/h4-8,11-16H,2-3,17H2,1H3/b16-15+. The molecule has 0 heterocycles. The molecule has 0 N–H and O–H groups in total. The first-order valence-electron chi connectivity index (χ1n) is 7.80. The highest BCUT2D eigenvalue weighted by atomic mass is 16.5. The highest BCUT2D eigenvalue weighted by Gasteiger charge is 1.96. The van der Waals surface area contributed by atoms with Crippen molar-refractivity contribution in [2.24, 2.45) is 0 Å². The molecule has 0 aliphatic rings. The van der Waals surface area contributed by atoms with E-state index in [-0.39, 0.29) is 5.97 Å². The summed E-state index contributed by atoms with van der Waals surface area (Å²) < 4.78 is 5.07. The molecule has 2 aromatic carbocycles. The SMILES string of the molecule is CCCCOC(=O)/C=C/c1ccc(C#Cc2ccccc2)cc1. The Morgan fingerprint density at radius 2 is 1.65 bits per heavy atom. The van der Waals surface area contributed by atoms with Gasteiger partial charge in [-0.3, -0.25) is 0 Å². The van der Waals surface area contributed by atoms with Crippen LogP contribution in [0.3, 0.4) is 0 Å². The average molecular weight is 304 g/mol. The van der Waals surface area contributed by atoms with Crippen molar-refractivity contribution in [3.63, 3.8) is 0 Å². The Hall–Kier alpha value is -2.79. The topological polar surface area (TPSA) is 26.3 Å². The van der Waals surface area contributed by atoms with Crippen LogP contribution in [-0.4, -0.2) is 12.6 Å². The van der Waals surface area contributed by atoms with Crippen LogP contribution in [0, 0.1) is 11.8 Å². The van der Waals surface area contributed by atoms with Gasteiger partial charge >= 0.3 is 5.97 Å². The van der Waals surface area contributed by atoms with Crippen LogP contribution in [-0.2, 0) is 9.53 Å². The Bertz CT molecular complexity index is 701. The Morgan fingerprint density at radius 1 is 1.00 bits per heavy atom. The number of hydrogen-bond donors (Lipinski definition) is 0. The van der Waals surface area contributed by atoms with Gasteiger partial charge in [0.15, 0.2) is 0 Å². The maximum Gasteiger partial charge on any atom is 0.330 e. The van der Waals surface area contributed by atoms with Gasteiger partial charge in [0.1, 0.15) is 0 Å². The molecular weight excluding hydrogens is 284 g/mol. The van der Waals surface area contributed by atoms with Crippen LogP contribution in [0.25, 0.3) is 6.08 Å². The molecule has 0 atom stereocenters. The van der Waals surface area contributed by atoms with Crippen LogP contribution in [0.1, 0.15) is 36.5 Å². The summed E-state index contributed by atoms with van der Waals surface area (Å²) in [7, 11) is 0. The molecule has 2 rings (SSSR count). The van der Waals surface area contributed by atoms with Crippen molar-refractivity contribution in [1.29, 1.82) is 0 Å². The van der Waals surface area contributed by atoms with Crippen molar-refractivity contribution in [3.8, 4) is 11.8 Å². The van der Waals surface area contributed by atoms with Gasteiger partial charge in [-0.25, -0.2) is 4.79 Å². The Kier molecular flexibility index (Phi) is 6.68. The first-order valence-corrected chi connectivity index (χ1v) is 7.80. The molecule has 0 spiro atoms. The average Bonchev–Trinajstić information content (AvgIpc) is 2.60. The molecule has 0 aliphatic carbocycles. The van der Waals surface area contributed by atoms with Crippen LogP contribution in [0.5, 0.6) is 0 Å². The lowest BCUT2D eigenvalue weighted by molar-refractivity contribution is -0.137. The summed E-state index contributed by atoms with van der Waals surface area (Å²) in [5.74, 6) is 5.94. The van der Waals surface area contributed by atoms with Crippen molar-refractivity contribution >= 4 is 12.0 Å². The molecule has 0 aromatic heterocycles. The van der Waals surface area contributed by atoms with Crippen LogP contribution >= 0.6 is 0 Å². The van der Waals surface area contributed by atoms with Gasteiger partial charge in [0.05, 0.1) is 6.61 Å². The largest absolute Gasteiger partial charge is 0.463 e. The number of esters is 1. The first kappa shape index (κ1) is 16.6. The second kappa shape index (κ2) is 9.27. The van der Waals surface area contributed by atoms with E-state index >= 15 is 0 Å². The summed E-state index contributed by atoms with van der Waals surface area (Å²) in [5.41, 5.74) is 2.88. The quantitative estimate of drug-likeness (QED) is 0.353. The molecule has 0 unspecified atom stereocenters. The van der Waals surface area contributed by atoms with Gasteiger partial charge in [0, 0.05) is 17.2 Å². The van der Waals surface area contributed by atoms with E-state index in [9.17, 15) is 4.79 Å². The molecule has 0 radical (unpaired) electrons. The maximum absolute atomic E-state index is 11.5. The number of rotatable bonds is 5. The molecule has 23 heavy (non-hydrogen) atoms. The lowest BCUT2D eigenvalue weighted by Crippen LogP contribution is -2.01. The van der Waals surface area contributed by atoms with Gasteiger partial charge < -0.3 is 4.74 Å². The zero-order chi connectivity index (χ0) is 16.3. The van der Waals surface area contributed by atoms with Gasteiger partial charge in [-0.05, 0) is 42.3 Å². The number of ether oxygens (including phenoxy) is 1. The Balaban J connectivity index is 1.92. The van der Waals surface area contributed by atoms with E-state index in [1.807, 2.05) is 54.6 Å². The monoisotopic (exact) mass is 304 g/mol. The highest BCUT2D eigenvalue weighted by Crippen LogP contribution is 2.06. The highest BCUT2D eigenvalue weighted by molar-refractivity contribution is 5.87. The summed E-state index contributed by atoms with van der Waals surface area (Å²) in [5, 5.41) is 0. The molecule has 2 nitrogen and oxygen atoms in total. The molecular formula is C21H20O2. The number of carbonyl (C=O) groups excluding carboxylic acids is 1. The van der Waals surface area contributed by atoms with Crippen LogP contribution in [0.4, 0.5) is 0 Å². The number of benzene rings is 2. The minimum atomic E-state index is -0.300. The van der Waals surface area contributed by atoms with Crippen molar-refractivity contribution in [2.45, 2.75) is 19.8 Å². The van der Waals surface area contributed by atoms with Crippen molar-refractivity contribution < 1.29 is 9.53 Å². The van der Waals surface area contributed by atoms with Gasteiger partial charge in [-0.15, -0.1) is 0 Å². The fourth-order valence-electron chi connectivity index (χ4n) is 1.87. The maximum atomic E-state index is 11.5. The molecule has 0 saturated heterocycles. The van der Waals surface area contributed by atoms with E-state index in [2.05, 4.69) is 18.8 Å². The third kappa shape index (κ3) is 6.23. The molecule has 0 saturated carbocycles. The van der Waals surface area contributed by atoms with Crippen LogP contribution in [0.2, 0.25) is 0 Å². The normalized spacial score (nSPS) is 10.1. The second-order valence-corrected chi connectivity index (χ2v) is 5.09. The lowest BCUT2D eigenvalue weighted by Gasteiger charge is -1.99. The van der Waals surface area contributed by atoms with E-state index in [0.29, 0.717) is 6.61 Å². The van der Waals surface area contributed by atoms with Crippen molar-refractivity contribution in [3.05, 3.63) is 77.4 Å². The second-order valence-electron chi connectivity index (χ2n) is 5.09. The van der Waals surface area contributed by atoms with Gasteiger partial charge in [0.25, 0.3) is 0 Å². The van der Waals surface area contributed by atoms with Crippen molar-refractivity contribution in [1.82, 2.24) is 0 Å². The summed E-state index contributed by atoms with van der Waals surface area (Å²) in [4.78, 5) is 11.5.